The van der Waals surface area contributed by atoms with Gasteiger partial charge < -0.3 is 29.7 Å². The highest BCUT2D eigenvalue weighted by Gasteiger charge is 2.31. The van der Waals surface area contributed by atoms with Crippen LogP contribution in [0.25, 0.3) is 11.1 Å². The largest absolute Gasteiger partial charge is 0.493 e. The Morgan fingerprint density at radius 1 is 1.02 bits per heavy atom. The molecule has 0 aromatic heterocycles. The maximum absolute atomic E-state index is 13.7. The van der Waals surface area contributed by atoms with Crippen LogP contribution in [-0.4, -0.2) is 68.7 Å². The number of thioether (sulfide) groups is 1. The van der Waals surface area contributed by atoms with Crippen molar-refractivity contribution in [3.05, 3.63) is 45.6 Å². The van der Waals surface area contributed by atoms with Gasteiger partial charge in [-0.05, 0) is 53.6 Å². The molecule has 2 unspecified atom stereocenters. The molecule has 1 heterocycles. The van der Waals surface area contributed by atoms with E-state index in [4.69, 9.17) is 14.2 Å². The van der Waals surface area contributed by atoms with E-state index in [9.17, 15) is 14.4 Å². The molecule has 9 nitrogen and oxygen atoms in total. The van der Waals surface area contributed by atoms with E-state index >= 15 is 0 Å². The first-order valence-electron chi connectivity index (χ1n) is 13.6. The van der Waals surface area contributed by atoms with Gasteiger partial charge in [0.1, 0.15) is 6.04 Å². The zero-order chi connectivity index (χ0) is 29.0. The van der Waals surface area contributed by atoms with Crippen molar-refractivity contribution >= 4 is 29.3 Å². The van der Waals surface area contributed by atoms with Crippen molar-refractivity contribution in [1.82, 2.24) is 10.2 Å². The van der Waals surface area contributed by atoms with Gasteiger partial charge in [-0.2, -0.15) is 11.8 Å². The zero-order valence-electron chi connectivity index (χ0n) is 24.1. The van der Waals surface area contributed by atoms with Gasteiger partial charge in [0.25, 0.3) is 0 Å². The van der Waals surface area contributed by atoms with Crippen LogP contribution in [0.5, 0.6) is 17.2 Å². The van der Waals surface area contributed by atoms with Gasteiger partial charge >= 0.3 is 0 Å². The van der Waals surface area contributed by atoms with E-state index in [-0.39, 0.29) is 23.2 Å². The predicted octanol–water partition coefficient (Wildman–Crippen LogP) is 3.87. The quantitative estimate of drug-likeness (QED) is 0.494. The number of anilines is 1. The first kappa shape index (κ1) is 29.6. The van der Waals surface area contributed by atoms with Crippen molar-refractivity contribution in [3.63, 3.8) is 0 Å². The van der Waals surface area contributed by atoms with E-state index in [0.717, 1.165) is 28.2 Å². The third-order valence-electron chi connectivity index (χ3n) is 7.48. The Bertz CT molecular complexity index is 1330. The van der Waals surface area contributed by atoms with Crippen LogP contribution in [0.15, 0.2) is 29.1 Å². The SMILES string of the molecule is COc1cc2c(c(OC)c1OC)-c1ccc(NC(C(=O)N3CCSCC3)C(C)C)c(=O)cc1C(NC(C)=O)CC2. The lowest BCUT2D eigenvalue weighted by Crippen LogP contribution is -2.49. The Morgan fingerprint density at radius 2 is 1.73 bits per heavy atom. The van der Waals surface area contributed by atoms with Crippen LogP contribution in [0.3, 0.4) is 0 Å². The molecule has 2 amide bonds. The molecular weight excluding hydrogens is 530 g/mol. The molecule has 2 aromatic rings. The average molecular weight is 570 g/mol. The highest BCUT2D eigenvalue weighted by molar-refractivity contribution is 7.99. The average Bonchev–Trinajstić information content (AvgIpc) is 3.18. The number of carbonyl (C=O) groups excluding carboxylic acids is 2. The molecule has 1 aliphatic heterocycles. The Kier molecular flexibility index (Phi) is 9.50. The fourth-order valence-corrected chi connectivity index (χ4v) is 6.39. The van der Waals surface area contributed by atoms with Gasteiger partial charge in [-0.25, -0.2) is 0 Å². The number of aryl methyl sites for hydroxylation is 1. The fraction of sp³-hybridized carbons (Fsp3) is 0.500. The van der Waals surface area contributed by atoms with Gasteiger partial charge in [0.15, 0.2) is 11.5 Å². The molecule has 2 aromatic carbocycles. The topological polar surface area (TPSA) is 106 Å². The van der Waals surface area contributed by atoms with Gasteiger partial charge in [0.2, 0.25) is 23.0 Å². The van der Waals surface area contributed by atoms with Crippen molar-refractivity contribution in [2.75, 3.05) is 51.2 Å². The molecule has 2 N–H and O–H groups in total. The summed E-state index contributed by atoms with van der Waals surface area (Å²) >= 11 is 1.84. The lowest BCUT2D eigenvalue weighted by atomic mass is 9.95. The number of hydrogen-bond acceptors (Lipinski definition) is 8. The third-order valence-corrected chi connectivity index (χ3v) is 8.42. The number of amides is 2. The van der Waals surface area contributed by atoms with Crippen molar-refractivity contribution in [2.24, 2.45) is 5.92 Å². The van der Waals surface area contributed by atoms with Crippen LogP contribution < -0.4 is 30.3 Å². The van der Waals surface area contributed by atoms with Crippen molar-refractivity contribution < 1.29 is 23.8 Å². The molecule has 10 heteroatoms. The normalized spacial score (nSPS) is 17.2. The van der Waals surface area contributed by atoms with Crippen LogP contribution in [-0.2, 0) is 16.0 Å². The van der Waals surface area contributed by atoms with Crippen LogP contribution in [0.2, 0.25) is 0 Å². The van der Waals surface area contributed by atoms with E-state index in [0.29, 0.717) is 54.4 Å². The summed E-state index contributed by atoms with van der Waals surface area (Å²) in [7, 11) is 4.70. The molecule has 216 valence electrons. The Morgan fingerprint density at radius 3 is 2.33 bits per heavy atom. The summed E-state index contributed by atoms with van der Waals surface area (Å²) in [5.74, 6) is 3.09. The van der Waals surface area contributed by atoms with Crippen LogP contribution in [0, 0.1) is 5.92 Å². The molecule has 1 aliphatic carbocycles. The Hall–Kier alpha value is -3.40. The number of hydrogen-bond donors (Lipinski definition) is 2. The van der Waals surface area contributed by atoms with Crippen LogP contribution in [0.4, 0.5) is 5.69 Å². The number of ether oxygens (including phenoxy) is 3. The summed E-state index contributed by atoms with van der Waals surface area (Å²) in [5.41, 5.74) is 3.23. The monoisotopic (exact) mass is 569 g/mol. The Labute approximate surface area is 239 Å². The number of carbonyl (C=O) groups is 2. The minimum Gasteiger partial charge on any atom is -0.493 e. The summed E-state index contributed by atoms with van der Waals surface area (Å²) in [5, 5.41) is 6.30. The molecule has 1 saturated heterocycles. The van der Waals surface area contributed by atoms with E-state index in [2.05, 4.69) is 10.6 Å². The van der Waals surface area contributed by atoms with Gasteiger partial charge in [-0.15, -0.1) is 0 Å². The van der Waals surface area contributed by atoms with E-state index in [1.165, 1.54) is 6.92 Å². The first-order valence-corrected chi connectivity index (χ1v) is 14.8. The third kappa shape index (κ3) is 6.01. The Balaban J connectivity index is 1.88. The maximum atomic E-state index is 13.7. The number of rotatable bonds is 8. The predicted molar refractivity (Wildman–Crippen MR) is 159 cm³/mol. The van der Waals surface area contributed by atoms with Gasteiger partial charge in [-0.1, -0.05) is 19.9 Å². The first-order chi connectivity index (χ1) is 19.2. The van der Waals surface area contributed by atoms with Gasteiger partial charge in [-0.3, -0.25) is 14.4 Å². The second-order valence-electron chi connectivity index (χ2n) is 10.4. The highest BCUT2D eigenvalue weighted by Crippen LogP contribution is 2.50. The second kappa shape index (κ2) is 12.8. The lowest BCUT2D eigenvalue weighted by Gasteiger charge is -2.32. The molecular formula is C30H39N3O6S. The molecule has 1 fully saturated rings. The molecule has 0 radical (unpaired) electrons. The van der Waals surface area contributed by atoms with E-state index < -0.39 is 12.1 Å². The molecule has 2 aliphatic rings. The van der Waals surface area contributed by atoms with E-state index in [1.807, 2.05) is 42.6 Å². The number of fused-ring (bicyclic) bond motifs is 3. The fourth-order valence-electron chi connectivity index (χ4n) is 5.49. The highest BCUT2D eigenvalue weighted by atomic mass is 32.2. The van der Waals surface area contributed by atoms with Gasteiger partial charge in [0.05, 0.1) is 33.1 Å². The van der Waals surface area contributed by atoms with Gasteiger partial charge in [0, 0.05) is 37.1 Å². The molecule has 0 bridgehead atoms. The van der Waals surface area contributed by atoms with E-state index in [1.54, 1.807) is 33.5 Å². The van der Waals surface area contributed by atoms with Crippen LogP contribution >= 0.6 is 11.8 Å². The minimum absolute atomic E-state index is 0.00254. The number of nitrogens with zero attached hydrogens (tertiary/aromatic N) is 1. The summed E-state index contributed by atoms with van der Waals surface area (Å²) < 4.78 is 17.1. The molecule has 4 rings (SSSR count). The molecule has 0 spiro atoms. The summed E-state index contributed by atoms with van der Waals surface area (Å²) in [6, 6.07) is 6.14. The maximum Gasteiger partial charge on any atom is 0.245 e. The number of nitrogens with one attached hydrogen (secondary N) is 2. The molecule has 0 saturated carbocycles. The summed E-state index contributed by atoms with van der Waals surface area (Å²) in [4.78, 5) is 41.2. The number of benzene rings is 1. The zero-order valence-corrected chi connectivity index (χ0v) is 24.9. The van der Waals surface area contributed by atoms with Crippen molar-refractivity contribution in [1.29, 1.82) is 0 Å². The summed E-state index contributed by atoms with van der Waals surface area (Å²) in [6.07, 6.45) is 1.19. The van der Waals surface area contributed by atoms with Crippen molar-refractivity contribution in [2.45, 2.75) is 45.7 Å². The number of methoxy groups -OCH3 is 3. The molecule has 2 atom stereocenters. The van der Waals surface area contributed by atoms with Crippen LogP contribution in [0.1, 0.15) is 44.4 Å². The lowest BCUT2D eigenvalue weighted by molar-refractivity contribution is -0.132. The molecule has 40 heavy (non-hydrogen) atoms. The smallest absolute Gasteiger partial charge is 0.245 e. The van der Waals surface area contributed by atoms with Crippen molar-refractivity contribution in [3.8, 4) is 28.4 Å². The minimum atomic E-state index is -0.546. The second-order valence-corrected chi connectivity index (χ2v) is 11.6. The summed E-state index contributed by atoms with van der Waals surface area (Å²) in [6.45, 7) is 6.83. The standard InChI is InChI=1S/C30H39N3O6S/c1-17(2)27(30(36)33-11-13-40-14-12-33)32-23-10-8-20-21(16-24(23)35)22(31-18(3)34)9-7-19-15-25(37-4)28(38-5)29(39-6)26(19)20/h8,10,15-17,22,27H,7,9,11-14H2,1-6H3,(H,31,34)(H,32,35).